The van der Waals surface area contributed by atoms with Gasteiger partial charge in [-0.1, -0.05) is 17.7 Å². The van der Waals surface area contributed by atoms with Crippen molar-refractivity contribution in [2.24, 2.45) is 11.8 Å². The van der Waals surface area contributed by atoms with Crippen LogP contribution in [0.25, 0.3) is 0 Å². The number of carbonyl (C=O) groups excluding carboxylic acids is 1. The molecule has 2 aliphatic heterocycles. The maximum atomic E-state index is 12.1. The van der Waals surface area contributed by atoms with Crippen LogP contribution in [0.1, 0.15) is 5.56 Å². The van der Waals surface area contributed by atoms with Crippen molar-refractivity contribution in [1.29, 1.82) is 0 Å². The quantitative estimate of drug-likeness (QED) is 0.892. The zero-order valence-electron chi connectivity index (χ0n) is 11.7. The molecule has 2 aliphatic rings. The van der Waals surface area contributed by atoms with Gasteiger partial charge in [-0.3, -0.25) is 9.69 Å². The van der Waals surface area contributed by atoms with Gasteiger partial charge in [0, 0.05) is 23.8 Å². The predicted molar refractivity (Wildman–Crippen MR) is 81.1 cm³/mol. The summed E-state index contributed by atoms with van der Waals surface area (Å²) in [5.74, 6) is 1.48. The summed E-state index contributed by atoms with van der Waals surface area (Å²) in [5.41, 5.74) is 1.73. The molecule has 0 radical (unpaired) electrons. The van der Waals surface area contributed by atoms with Crippen LogP contribution in [0.2, 0.25) is 5.02 Å². The highest BCUT2D eigenvalue weighted by atomic mass is 35.5. The smallest absolute Gasteiger partial charge is 0.238 e. The van der Waals surface area contributed by atoms with Crippen molar-refractivity contribution in [2.45, 2.75) is 6.92 Å². The van der Waals surface area contributed by atoms with Crippen molar-refractivity contribution in [3.63, 3.8) is 0 Å². The molecule has 20 heavy (non-hydrogen) atoms. The number of hydrogen-bond acceptors (Lipinski definition) is 3. The van der Waals surface area contributed by atoms with Gasteiger partial charge < -0.3 is 10.6 Å². The van der Waals surface area contributed by atoms with Crippen LogP contribution in [0, 0.1) is 18.8 Å². The van der Waals surface area contributed by atoms with Gasteiger partial charge >= 0.3 is 0 Å². The van der Waals surface area contributed by atoms with Crippen molar-refractivity contribution in [1.82, 2.24) is 10.2 Å². The van der Waals surface area contributed by atoms with Crippen molar-refractivity contribution in [3.8, 4) is 0 Å². The number of likely N-dealkylation sites (tertiary alicyclic amines) is 1. The Morgan fingerprint density at radius 1 is 1.40 bits per heavy atom. The molecule has 1 aromatic rings. The molecule has 0 spiro atoms. The molecule has 2 heterocycles. The molecule has 1 aromatic carbocycles. The zero-order valence-corrected chi connectivity index (χ0v) is 12.4. The maximum absolute atomic E-state index is 12.1. The number of rotatable bonds is 3. The Balaban J connectivity index is 1.56. The van der Waals surface area contributed by atoms with E-state index in [1.54, 1.807) is 0 Å². The Bertz CT molecular complexity index is 508. The molecular formula is C15H20ClN3O. The molecule has 2 saturated heterocycles. The second kappa shape index (κ2) is 5.72. The molecule has 0 aliphatic carbocycles. The summed E-state index contributed by atoms with van der Waals surface area (Å²) in [5, 5.41) is 7.06. The first kappa shape index (κ1) is 13.9. The summed E-state index contributed by atoms with van der Waals surface area (Å²) >= 11 is 6.06. The minimum atomic E-state index is 0.0447. The van der Waals surface area contributed by atoms with Crippen LogP contribution in [0.5, 0.6) is 0 Å². The highest BCUT2D eigenvalue weighted by Crippen LogP contribution is 2.26. The number of halogens is 1. The van der Waals surface area contributed by atoms with E-state index in [1.807, 2.05) is 25.1 Å². The van der Waals surface area contributed by atoms with E-state index in [2.05, 4.69) is 15.5 Å². The van der Waals surface area contributed by atoms with Crippen LogP contribution in [0.3, 0.4) is 0 Å². The number of amides is 1. The minimum absolute atomic E-state index is 0.0447. The van der Waals surface area contributed by atoms with Gasteiger partial charge in [-0.25, -0.2) is 0 Å². The van der Waals surface area contributed by atoms with Gasteiger partial charge in [0.05, 0.1) is 6.54 Å². The van der Waals surface area contributed by atoms with Crippen LogP contribution in [-0.2, 0) is 4.79 Å². The summed E-state index contributed by atoms with van der Waals surface area (Å²) in [4.78, 5) is 14.4. The lowest BCUT2D eigenvalue weighted by Crippen LogP contribution is -2.33. The molecule has 1 amide bonds. The molecule has 0 aromatic heterocycles. The topological polar surface area (TPSA) is 44.4 Å². The lowest BCUT2D eigenvalue weighted by Gasteiger charge is -2.17. The van der Waals surface area contributed by atoms with E-state index in [0.29, 0.717) is 11.6 Å². The first-order valence-corrected chi connectivity index (χ1v) is 7.49. The maximum Gasteiger partial charge on any atom is 0.238 e. The average molecular weight is 294 g/mol. The summed E-state index contributed by atoms with van der Waals surface area (Å²) < 4.78 is 0. The third-order valence-electron chi connectivity index (χ3n) is 4.37. The number of hydrogen-bond donors (Lipinski definition) is 2. The lowest BCUT2D eigenvalue weighted by molar-refractivity contribution is -0.117. The normalized spacial score (nSPS) is 25.7. The van der Waals surface area contributed by atoms with E-state index in [9.17, 15) is 4.79 Å². The Labute approximate surface area is 124 Å². The second-order valence-corrected chi connectivity index (χ2v) is 6.24. The molecule has 5 heteroatoms. The van der Waals surface area contributed by atoms with Crippen molar-refractivity contribution in [3.05, 3.63) is 28.8 Å². The third kappa shape index (κ3) is 2.82. The first-order valence-electron chi connectivity index (χ1n) is 7.11. The van der Waals surface area contributed by atoms with Gasteiger partial charge in [0.1, 0.15) is 0 Å². The molecular weight excluding hydrogens is 274 g/mol. The van der Waals surface area contributed by atoms with E-state index in [1.165, 1.54) is 0 Å². The Morgan fingerprint density at radius 3 is 2.80 bits per heavy atom. The van der Waals surface area contributed by atoms with Crippen LogP contribution in [0.15, 0.2) is 18.2 Å². The molecule has 0 saturated carbocycles. The van der Waals surface area contributed by atoms with Gasteiger partial charge in [-0.15, -0.1) is 0 Å². The molecule has 0 unspecified atom stereocenters. The van der Waals surface area contributed by atoms with Crippen molar-refractivity contribution < 1.29 is 4.79 Å². The van der Waals surface area contributed by atoms with Crippen LogP contribution < -0.4 is 10.6 Å². The van der Waals surface area contributed by atoms with Crippen LogP contribution >= 0.6 is 11.6 Å². The monoisotopic (exact) mass is 293 g/mol. The fourth-order valence-corrected chi connectivity index (χ4v) is 3.39. The number of anilines is 1. The molecule has 108 valence electrons. The largest absolute Gasteiger partial charge is 0.325 e. The highest BCUT2D eigenvalue weighted by Gasteiger charge is 2.36. The minimum Gasteiger partial charge on any atom is -0.325 e. The highest BCUT2D eigenvalue weighted by molar-refractivity contribution is 6.31. The SMILES string of the molecule is Cc1c(Cl)cccc1NC(=O)CN1C[C@H]2CNC[C@H]2C1. The Morgan fingerprint density at radius 2 is 2.10 bits per heavy atom. The summed E-state index contributed by atoms with van der Waals surface area (Å²) in [6.45, 7) is 6.63. The summed E-state index contributed by atoms with van der Waals surface area (Å²) in [7, 11) is 0. The van der Waals surface area contributed by atoms with Gasteiger partial charge in [0.15, 0.2) is 0 Å². The third-order valence-corrected chi connectivity index (χ3v) is 4.78. The lowest BCUT2D eigenvalue weighted by atomic mass is 10.0. The van der Waals surface area contributed by atoms with Crippen LogP contribution in [0.4, 0.5) is 5.69 Å². The summed E-state index contributed by atoms with van der Waals surface area (Å²) in [6.07, 6.45) is 0. The number of benzene rings is 1. The number of nitrogens with zero attached hydrogens (tertiary/aromatic N) is 1. The molecule has 2 N–H and O–H groups in total. The van der Waals surface area contributed by atoms with E-state index in [-0.39, 0.29) is 5.91 Å². The predicted octanol–water partition coefficient (Wildman–Crippen LogP) is 1.74. The molecule has 2 fully saturated rings. The molecule has 2 atom stereocenters. The zero-order chi connectivity index (χ0) is 14.1. The number of carbonyl (C=O) groups is 1. The number of nitrogens with one attached hydrogen (secondary N) is 2. The van der Waals surface area contributed by atoms with E-state index in [4.69, 9.17) is 11.6 Å². The number of fused-ring (bicyclic) bond motifs is 1. The first-order chi connectivity index (χ1) is 9.63. The second-order valence-electron chi connectivity index (χ2n) is 5.83. The Kier molecular flexibility index (Phi) is 3.96. The average Bonchev–Trinajstić information content (AvgIpc) is 2.95. The molecule has 4 nitrogen and oxygen atoms in total. The van der Waals surface area contributed by atoms with Gasteiger partial charge in [0.2, 0.25) is 5.91 Å². The van der Waals surface area contributed by atoms with Crippen molar-refractivity contribution in [2.75, 3.05) is 38.0 Å². The van der Waals surface area contributed by atoms with E-state index in [0.717, 1.165) is 49.3 Å². The van der Waals surface area contributed by atoms with Gasteiger partial charge in [-0.05, 0) is 49.5 Å². The van der Waals surface area contributed by atoms with Gasteiger partial charge in [-0.2, -0.15) is 0 Å². The molecule has 0 bridgehead atoms. The van der Waals surface area contributed by atoms with Gasteiger partial charge in [0.25, 0.3) is 0 Å². The fourth-order valence-electron chi connectivity index (χ4n) is 3.22. The molecule has 3 rings (SSSR count). The van der Waals surface area contributed by atoms with Crippen molar-refractivity contribution >= 4 is 23.2 Å². The fraction of sp³-hybridized carbons (Fsp3) is 0.533. The standard InChI is InChI=1S/C15H20ClN3O/c1-10-13(16)3-2-4-14(10)18-15(20)9-19-7-11-5-17-6-12(11)8-19/h2-4,11-12,17H,5-9H2,1H3,(H,18,20)/t11-,12+. The van der Waals surface area contributed by atoms with E-state index < -0.39 is 0 Å². The Hall–Kier alpha value is -1.10. The summed E-state index contributed by atoms with van der Waals surface area (Å²) in [6, 6.07) is 5.58. The van der Waals surface area contributed by atoms with Crippen LogP contribution in [-0.4, -0.2) is 43.5 Å². The van der Waals surface area contributed by atoms with E-state index >= 15 is 0 Å².